The van der Waals surface area contributed by atoms with Crippen LogP contribution in [-0.4, -0.2) is 23.8 Å². The Kier molecular flexibility index (Phi) is 4.92. The maximum absolute atomic E-state index is 11.9. The minimum absolute atomic E-state index is 0.101. The fourth-order valence-electron chi connectivity index (χ4n) is 1.19. The average molecular weight is 265 g/mol. The van der Waals surface area contributed by atoms with E-state index in [0.717, 1.165) is 0 Å². The molecule has 19 heavy (non-hydrogen) atoms. The van der Waals surface area contributed by atoms with Crippen LogP contribution in [0, 0.1) is 5.41 Å². The lowest BCUT2D eigenvalue weighted by Gasteiger charge is -2.19. The second kappa shape index (κ2) is 6.22. The third-order valence-corrected chi connectivity index (χ3v) is 2.66. The number of carbonyl (C=O) groups is 2. The number of hydrogen-bond acceptors (Lipinski definition) is 4. The van der Waals surface area contributed by atoms with E-state index in [4.69, 9.17) is 9.15 Å². The molecule has 1 heterocycles. The van der Waals surface area contributed by atoms with Crippen molar-refractivity contribution < 1.29 is 18.7 Å². The number of amides is 1. The molecular weight excluding hydrogens is 246 g/mol. The van der Waals surface area contributed by atoms with Crippen molar-refractivity contribution in [2.45, 2.75) is 27.4 Å². The van der Waals surface area contributed by atoms with Gasteiger partial charge in [0, 0.05) is 20.2 Å². The summed E-state index contributed by atoms with van der Waals surface area (Å²) < 4.78 is 10.2. The van der Waals surface area contributed by atoms with Crippen LogP contribution in [0.4, 0.5) is 0 Å². The lowest BCUT2D eigenvalue weighted by molar-refractivity contribution is -0.153. The van der Waals surface area contributed by atoms with E-state index in [-0.39, 0.29) is 18.5 Å². The van der Waals surface area contributed by atoms with Gasteiger partial charge in [0.1, 0.15) is 12.4 Å². The molecule has 0 aliphatic heterocycles. The minimum Gasteiger partial charge on any atom is -0.466 e. The van der Waals surface area contributed by atoms with Gasteiger partial charge < -0.3 is 14.1 Å². The average Bonchev–Trinajstić information content (AvgIpc) is 2.85. The molecule has 5 nitrogen and oxygen atoms in total. The maximum Gasteiger partial charge on any atom is 0.315 e. The third kappa shape index (κ3) is 4.62. The van der Waals surface area contributed by atoms with E-state index in [1.54, 1.807) is 45.3 Å². The van der Waals surface area contributed by atoms with Crippen LogP contribution < -0.4 is 0 Å². The third-order valence-electron chi connectivity index (χ3n) is 2.66. The van der Waals surface area contributed by atoms with Crippen molar-refractivity contribution in [3.63, 3.8) is 0 Å². The monoisotopic (exact) mass is 265 g/mol. The highest BCUT2D eigenvalue weighted by atomic mass is 16.5. The Morgan fingerprint density at radius 1 is 1.47 bits per heavy atom. The van der Waals surface area contributed by atoms with E-state index in [2.05, 4.69) is 0 Å². The smallest absolute Gasteiger partial charge is 0.315 e. The second-order valence-corrected chi connectivity index (χ2v) is 4.82. The molecule has 0 aliphatic rings. The highest BCUT2D eigenvalue weighted by Gasteiger charge is 2.26. The normalized spacial score (nSPS) is 11.6. The Labute approximate surface area is 112 Å². The van der Waals surface area contributed by atoms with Gasteiger partial charge in [-0.2, -0.15) is 0 Å². The number of carbonyl (C=O) groups excluding carboxylic acids is 2. The first-order valence-corrected chi connectivity index (χ1v) is 5.95. The van der Waals surface area contributed by atoms with Crippen molar-refractivity contribution in [1.82, 2.24) is 4.90 Å². The summed E-state index contributed by atoms with van der Waals surface area (Å²) in [5.74, 6) is 0.113. The number of hydrogen-bond donors (Lipinski definition) is 0. The van der Waals surface area contributed by atoms with Crippen LogP contribution >= 0.6 is 0 Å². The molecule has 0 atom stereocenters. The summed E-state index contributed by atoms with van der Waals surface area (Å²) in [6, 6.07) is 3.47. The zero-order valence-electron chi connectivity index (χ0n) is 11.7. The second-order valence-electron chi connectivity index (χ2n) is 4.82. The molecule has 0 aliphatic carbocycles. The predicted octanol–water partition coefficient (Wildman–Crippen LogP) is 2.34. The zero-order chi connectivity index (χ0) is 14.5. The van der Waals surface area contributed by atoms with Crippen LogP contribution in [-0.2, 0) is 20.9 Å². The molecule has 0 unspecified atom stereocenters. The highest BCUT2D eigenvalue weighted by molar-refractivity contribution is 5.78. The number of esters is 1. The minimum atomic E-state index is -0.809. The summed E-state index contributed by atoms with van der Waals surface area (Å²) in [6.07, 6.45) is 4.73. The lowest BCUT2D eigenvalue weighted by Crippen LogP contribution is -2.26. The maximum atomic E-state index is 11.9. The Balaban J connectivity index is 2.56. The number of ether oxygens (including phenoxy) is 1. The lowest BCUT2D eigenvalue weighted by atomic mass is 9.94. The number of nitrogens with zero attached hydrogens (tertiary/aromatic N) is 1. The number of furan rings is 1. The molecule has 1 rings (SSSR count). The first kappa shape index (κ1) is 15.0. The van der Waals surface area contributed by atoms with Crippen LogP contribution in [0.25, 0.3) is 0 Å². The molecule has 1 aromatic rings. The van der Waals surface area contributed by atoms with E-state index >= 15 is 0 Å². The summed E-state index contributed by atoms with van der Waals surface area (Å²) in [4.78, 5) is 24.4. The van der Waals surface area contributed by atoms with Gasteiger partial charge in [0.15, 0.2) is 0 Å². The van der Waals surface area contributed by atoms with E-state index in [1.807, 2.05) is 0 Å². The molecule has 0 spiro atoms. The largest absolute Gasteiger partial charge is 0.466 e. The SMILES string of the molecule is CC(=O)N(C)/C=C/C(C)(C)C(=O)OCc1ccco1. The van der Waals surface area contributed by atoms with Crippen LogP contribution in [0.5, 0.6) is 0 Å². The van der Waals surface area contributed by atoms with Crippen LogP contribution in [0.3, 0.4) is 0 Å². The van der Waals surface area contributed by atoms with Crippen molar-refractivity contribution in [1.29, 1.82) is 0 Å². The quantitative estimate of drug-likeness (QED) is 0.767. The summed E-state index contributed by atoms with van der Waals surface area (Å²) >= 11 is 0. The Bertz CT molecular complexity index is 460. The van der Waals surface area contributed by atoms with Crippen LogP contribution in [0.2, 0.25) is 0 Å². The fraction of sp³-hybridized carbons (Fsp3) is 0.429. The topological polar surface area (TPSA) is 59.8 Å². The molecule has 5 heteroatoms. The molecule has 104 valence electrons. The fourth-order valence-corrected chi connectivity index (χ4v) is 1.19. The van der Waals surface area contributed by atoms with Crippen molar-refractivity contribution in [3.05, 3.63) is 36.4 Å². The molecule has 1 aromatic heterocycles. The van der Waals surface area contributed by atoms with Crippen LogP contribution in [0.15, 0.2) is 35.1 Å². The predicted molar refractivity (Wildman–Crippen MR) is 69.9 cm³/mol. The Morgan fingerprint density at radius 3 is 2.68 bits per heavy atom. The zero-order valence-corrected chi connectivity index (χ0v) is 11.7. The van der Waals surface area contributed by atoms with Gasteiger partial charge in [-0.3, -0.25) is 9.59 Å². The molecule has 0 bridgehead atoms. The van der Waals surface area contributed by atoms with Crippen molar-refractivity contribution >= 4 is 11.9 Å². The molecule has 0 saturated heterocycles. The van der Waals surface area contributed by atoms with Crippen molar-refractivity contribution in [3.8, 4) is 0 Å². The van der Waals surface area contributed by atoms with Gasteiger partial charge in [0.05, 0.1) is 11.7 Å². The molecule has 0 radical (unpaired) electrons. The van der Waals surface area contributed by atoms with Crippen molar-refractivity contribution in [2.24, 2.45) is 5.41 Å². The van der Waals surface area contributed by atoms with Gasteiger partial charge in [0.25, 0.3) is 0 Å². The van der Waals surface area contributed by atoms with E-state index in [1.165, 1.54) is 18.1 Å². The summed E-state index contributed by atoms with van der Waals surface area (Å²) in [6.45, 7) is 5.00. The molecule has 0 aromatic carbocycles. The Hall–Kier alpha value is -2.04. The molecule has 0 saturated carbocycles. The summed E-state index contributed by atoms with van der Waals surface area (Å²) in [7, 11) is 1.63. The molecular formula is C14H19NO4. The molecule has 1 amide bonds. The van der Waals surface area contributed by atoms with Gasteiger partial charge in [0.2, 0.25) is 5.91 Å². The number of rotatable bonds is 5. The molecule has 0 N–H and O–H groups in total. The highest BCUT2D eigenvalue weighted by Crippen LogP contribution is 2.20. The summed E-state index contributed by atoms with van der Waals surface area (Å²) in [5.41, 5.74) is -0.809. The standard InChI is InChI=1S/C14H19NO4/c1-11(16)15(4)8-7-14(2,3)13(17)19-10-12-6-5-9-18-12/h5-9H,10H2,1-4H3/b8-7+. The van der Waals surface area contributed by atoms with Gasteiger partial charge in [-0.05, 0) is 26.0 Å². The first-order chi connectivity index (χ1) is 8.83. The van der Waals surface area contributed by atoms with Gasteiger partial charge in [-0.15, -0.1) is 0 Å². The van der Waals surface area contributed by atoms with E-state index < -0.39 is 5.41 Å². The molecule has 0 fully saturated rings. The summed E-state index contributed by atoms with van der Waals surface area (Å²) in [5, 5.41) is 0. The van der Waals surface area contributed by atoms with Gasteiger partial charge >= 0.3 is 5.97 Å². The van der Waals surface area contributed by atoms with E-state index in [9.17, 15) is 9.59 Å². The first-order valence-electron chi connectivity index (χ1n) is 5.95. The Morgan fingerprint density at radius 2 is 2.16 bits per heavy atom. The van der Waals surface area contributed by atoms with Gasteiger partial charge in [-0.1, -0.05) is 6.08 Å². The van der Waals surface area contributed by atoms with Gasteiger partial charge in [-0.25, -0.2) is 0 Å². The van der Waals surface area contributed by atoms with Crippen LogP contribution in [0.1, 0.15) is 26.5 Å². The van der Waals surface area contributed by atoms with Crippen molar-refractivity contribution in [2.75, 3.05) is 7.05 Å². The van der Waals surface area contributed by atoms with E-state index in [0.29, 0.717) is 5.76 Å².